The van der Waals surface area contributed by atoms with Crippen LogP contribution in [0.5, 0.6) is 11.5 Å². The Hall–Kier alpha value is -2.65. The fraction of sp³-hybridized carbons (Fsp3) is 0.333. The lowest BCUT2D eigenvalue weighted by atomic mass is 10.1. The van der Waals surface area contributed by atoms with Gasteiger partial charge in [-0.3, -0.25) is 4.79 Å². The number of rotatable bonds is 8. The summed E-state index contributed by atoms with van der Waals surface area (Å²) in [5.74, 6) is 1.35. The second-order valence-electron chi connectivity index (χ2n) is 7.84. The molecular formula is C24H27ClN4O3S. The lowest BCUT2D eigenvalue weighted by molar-refractivity contribution is -0.122. The van der Waals surface area contributed by atoms with Crippen LogP contribution in [0.1, 0.15) is 28.6 Å². The molecule has 2 heterocycles. The van der Waals surface area contributed by atoms with E-state index in [0.717, 1.165) is 26.7 Å². The van der Waals surface area contributed by atoms with Gasteiger partial charge in [-0.2, -0.15) is 0 Å². The molecule has 2 atom stereocenters. The van der Waals surface area contributed by atoms with Crippen molar-refractivity contribution in [3.8, 4) is 22.1 Å². The van der Waals surface area contributed by atoms with Gasteiger partial charge in [0.2, 0.25) is 5.91 Å². The van der Waals surface area contributed by atoms with E-state index in [0.29, 0.717) is 35.9 Å². The van der Waals surface area contributed by atoms with Crippen molar-refractivity contribution in [1.82, 2.24) is 21.2 Å². The Morgan fingerprint density at radius 2 is 2.00 bits per heavy atom. The first kappa shape index (κ1) is 23.5. The van der Waals surface area contributed by atoms with Gasteiger partial charge in [0.15, 0.2) is 11.5 Å². The summed E-state index contributed by atoms with van der Waals surface area (Å²) in [6.07, 6.45) is 1.35. The van der Waals surface area contributed by atoms with Gasteiger partial charge >= 0.3 is 0 Å². The van der Waals surface area contributed by atoms with Crippen LogP contribution in [-0.2, 0) is 11.2 Å². The number of thiazole rings is 1. The maximum Gasteiger partial charge on any atom is 0.238 e. The van der Waals surface area contributed by atoms with Crippen LogP contribution in [-0.4, -0.2) is 37.7 Å². The van der Waals surface area contributed by atoms with Crippen molar-refractivity contribution in [2.24, 2.45) is 0 Å². The van der Waals surface area contributed by atoms with Crippen molar-refractivity contribution in [2.75, 3.05) is 20.8 Å². The highest BCUT2D eigenvalue weighted by Crippen LogP contribution is 2.35. The third-order valence-electron chi connectivity index (χ3n) is 5.60. The van der Waals surface area contributed by atoms with E-state index in [1.54, 1.807) is 25.6 Å². The van der Waals surface area contributed by atoms with Crippen LogP contribution in [0.15, 0.2) is 42.5 Å². The molecular weight excluding hydrogens is 460 g/mol. The van der Waals surface area contributed by atoms with Crippen molar-refractivity contribution in [1.29, 1.82) is 0 Å². The van der Waals surface area contributed by atoms with Crippen LogP contribution in [0.2, 0.25) is 5.02 Å². The van der Waals surface area contributed by atoms with E-state index in [4.69, 9.17) is 26.1 Å². The van der Waals surface area contributed by atoms with Crippen LogP contribution >= 0.6 is 22.9 Å². The van der Waals surface area contributed by atoms with Gasteiger partial charge in [-0.05, 0) is 49.6 Å². The lowest BCUT2D eigenvalue weighted by Gasteiger charge is -2.12. The van der Waals surface area contributed by atoms with Crippen molar-refractivity contribution in [3.63, 3.8) is 0 Å². The molecule has 3 aromatic rings. The molecule has 0 aliphatic carbocycles. The first-order valence-electron chi connectivity index (χ1n) is 10.7. The van der Waals surface area contributed by atoms with Gasteiger partial charge in [0, 0.05) is 22.0 Å². The number of nitrogens with zero attached hydrogens (tertiary/aromatic N) is 1. The van der Waals surface area contributed by atoms with E-state index >= 15 is 0 Å². The minimum absolute atomic E-state index is 0.0250. The number of carbonyl (C=O) groups is 1. The number of halogens is 1. The second kappa shape index (κ2) is 10.5. The van der Waals surface area contributed by atoms with Crippen LogP contribution in [0.4, 0.5) is 0 Å². The normalized spacial score (nSPS) is 17.7. The Balaban J connectivity index is 1.32. The van der Waals surface area contributed by atoms with Crippen LogP contribution in [0.25, 0.3) is 10.6 Å². The van der Waals surface area contributed by atoms with Crippen LogP contribution in [0.3, 0.4) is 0 Å². The Morgan fingerprint density at radius 1 is 1.18 bits per heavy atom. The molecule has 4 rings (SSSR count). The zero-order valence-corrected chi connectivity index (χ0v) is 20.3. The zero-order valence-electron chi connectivity index (χ0n) is 18.8. The standard InChI is InChI=1S/C24H27ClN4O3S/c1-14-22(33-24(27-14)16-5-4-6-17(25)12-16)18-13-19(29-28-18)23(30)26-10-9-15-7-8-20(31-2)21(11-15)32-3/h4-8,11-12,18-19,28-29H,9-10,13H2,1-3H3,(H,26,30). The van der Waals surface area contributed by atoms with Crippen molar-refractivity contribution < 1.29 is 14.3 Å². The highest BCUT2D eigenvalue weighted by molar-refractivity contribution is 7.15. The topological polar surface area (TPSA) is 84.5 Å². The Bertz CT molecular complexity index is 1140. The average Bonchev–Trinajstić information content (AvgIpc) is 3.45. The summed E-state index contributed by atoms with van der Waals surface area (Å²) in [6.45, 7) is 2.54. The van der Waals surface area contributed by atoms with Gasteiger partial charge in [-0.15, -0.1) is 11.3 Å². The predicted octanol–water partition coefficient (Wildman–Crippen LogP) is 4.06. The number of hydrogen-bond donors (Lipinski definition) is 3. The van der Waals surface area contributed by atoms with Gasteiger partial charge in [0.1, 0.15) is 11.0 Å². The Labute approximate surface area is 202 Å². The van der Waals surface area contributed by atoms with Gasteiger partial charge in [0.05, 0.1) is 26.0 Å². The molecule has 0 radical (unpaired) electrons. The molecule has 0 spiro atoms. The minimum atomic E-state index is -0.309. The van der Waals surface area contributed by atoms with E-state index < -0.39 is 0 Å². The number of nitrogens with one attached hydrogen (secondary N) is 3. The summed E-state index contributed by atoms with van der Waals surface area (Å²) in [7, 11) is 3.22. The largest absolute Gasteiger partial charge is 0.493 e. The molecule has 1 aromatic heterocycles. The van der Waals surface area contributed by atoms with Crippen molar-refractivity contribution >= 4 is 28.8 Å². The molecule has 1 amide bonds. The highest BCUT2D eigenvalue weighted by atomic mass is 35.5. The molecule has 0 bridgehead atoms. The van der Waals surface area contributed by atoms with Gasteiger partial charge in [0.25, 0.3) is 0 Å². The highest BCUT2D eigenvalue weighted by Gasteiger charge is 2.32. The van der Waals surface area contributed by atoms with E-state index in [1.807, 2.05) is 49.4 Å². The molecule has 1 aliphatic heterocycles. The number of amides is 1. The summed E-state index contributed by atoms with van der Waals surface area (Å²) in [5.41, 5.74) is 9.42. The number of aryl methyl sites for hydroxylation is 1. The summed E-state index contributed by atoms with van der Waals surface area (Å²) in [6, 6.07) is 13.2. The molecule has 174 valence electrons. The quantitative estimate of drug-likeness (QED) is 0.445. The molecule has 1 saturated heterocycles. The van der Waals surface area contributed by atoms with Gasteiger partial charge in [-0.1, -0.05) is 29.8 Å². The van der Waals surface area contributed by atoms with E-state index in [-0.39, 0.29) is 18.0 Å². The van der Waals surface area contributed by atoms with Gasteiger partial charge in [-0.25, -0.2) is 15.8 Å². The van der Waals surface area contributed by atoms with E-state index in [9.17, 15) is 4.79 Å². The van der Waals surface area contributed by atoms with E-state index in [2.05, 4.69) is 16.2 Å². The zero-order chi connectivity index (χ0) is 23.4. The number of ether oxygens (including phenoxy) is 2. The maximum atomic E-state index is 12.7. The number of benzene rings is 2. The summed E-state index contributed by atoms with van der Waals surface area (Å²) >= 11 is 7.76. The van der Waals surface area contributed by atoms with Crippen molar-refractivity contribution in [2.45, 2.75) is 31.8 Å². The third kappa shape index (κ3) is 5.47. The second-order valence-corrected chi connectivity index (χ2v) is 9.31. The molecule has 9 heteroatoms. The molecule has 7 nitrogen and oxygen atoms in total. The maximum absolute atomic E-state index is 12.7. The van der Waals surface area contributed by atoms with Crippen LogP contribution < -0.4 is 25.6 Å². The molecule has 2 aromatic carbocycles. The average molecular weight is 487 g/mol. The molecule has 1 fully saturated rings. The van der Waals surface area contributed by atoms with Crippen molar-refractivity contribution in [3.05, 3.63) is 63.6 Å². The fourth-order valence-electron chi connectivity index (χ4n) is 3.87. The predicted molar refractivity (Wildman–Crippen MR) is 131 cm³/mol. The number of hydrazine groups is 1. The number of methoxy groups -OCH3 is 2. The number of hydrogen-bond acceptors (Lipinski definition) is 7. The molecule has 0 saturated carbocycles. The molecule has 2 unspecified atom stereocenters. The van der Waals surface area contributed by atoms with Crippen LogP contribution in [0, 0.1) is 6.92 Å². The van der Waals surface area contributed by atoms with E-state index in [1.165, 1.54) is 0 Å². The Morgan fingerprint density at radius 3 is 2.76 bits per heavy atom. The lowest BCUT2D eigenvalue weighted by Crippen LogP contribution is -2.43. The third-order valence-corrected chi connectivity index (χ3v) is 7.16. The monoisotopic (exact) mass is 486 g/mol. The SMILES string of the molecule is COc1ccc(CCNC(=O)C2CC(c3sc(-c4cccc(Cl)c4)nc3C)NN2)cc1OC. The molecule has 33 heavy (non-hydrogen) atoms. The number of carbonyl (C=O) groups excluding carboxylic acids is 1. The smallest absolute Gasteiger partial charge is 0.238 e. The first-order valence-corrected chi connectivity index (χ1v) is 11.9. The summed E-state index contributed by atoms with van der Waals surface area (Å²) in [4.78, 5) is 18.5. The summed E-state index contributed by atoms with van der Waals surface area (Å²) < 4.78 is 10.6. The minimum Gasteiger partial charge on any atom is -0.493 e. The number of aromatic nitrogens is 1. The fourth-order valence-corrected chi connectivity index (χ4v) is 5.18. The summed E-state index contributed by atoms with van der Waals surface area (Å²) in [5, 5.41) is 4.64. The Kier molecular flexibility index (Phi) is 7.49. The van der Waals surface area contributed by atoms with Gasteiger partial charge < -0.3 is 14.8 Å². The molecule has 3 N–H and O–H groups in total. The first-order chi connectivity index (χ1) is 16.0. The molecule has 1 aliphatic rings.